The van der Waals surface area contributed by atoms with Crippen LogP contribution in [-0.2, 0) is 10.2 Å². The Morgan fingerprint density at radius 1 is 1.36 bits per heavy atom. The van der Waals surface area contributed by atoms with Crippen LogP contribution >= 0.6 is 0 Å². The second-order valence-corrected chi connectivity index (χ2v) is 4.27. The lowest BCUT2D eigenvalue weighted by Gasteiger charge is -2.16. The van der Waals surface area contributed by atoms with E-state index in [1.165, 1.54) is 0 Å². The maximum atomic E-state index is 11.9. The summed E-state index contributed by atoms with van der Waals surface area (Å²) in [6, 6.07) is 5.63. The van der Waals surface area contributed by atoms with Crippen molar-refractivity contribution in [2.45, 2.75) is 19.3 Å². The molecule has 1 aromatic rings. The van der Waals surface area contributed by atoms with Gasteiger partial charge in [0.25, 0.3) is 0 Å². The van der Waals surface area contributed by atoms with Crippen molar-refractivity contribution in [1.29, 1.82) is 0 Å². The summed E-state index contributed by atoms with van der Waals surface area (Å²) in [4.78, 5) is 13.6. The third-order valence-electron chi connectivity index (χ3n) is 2.90. The molecule has 0 N–H and O–H groups in total. The monoisotopic (exact) mass is 185 g/mol. The number of carbonyl (C=O) groups is 1. The van der Waals surface area contributed by atoms with Crippen molar-refractivity contribution in [2.75, 3.05) is 11.9 Å². The Kier molecular flexibility index (Phi) is 1.75. The lowest BCUT2D eigenvalue weighted by Crippen LogP contribution is -2.33. The van der Waals surface area contributed by atoms with Crippen LogP contribution in [-0.4, -0.2) is 20.8 Å². The van der Waals surface area contributed by atoms with Crippen molar-refractivity contribution in [3.8, 4) is 0 Å². The summed E-state index contributed by atoms with van der Waals surface area (Å²) < 4.78 is 0. The van der Waals surface area contributed by atoms with Crippen LogP contribution in [0.2, 0.25) is 0 Å². The molecule has 0 saturated carbocycles. The number of benzene rings is 1. The first kappa shape index (κ1) is 9.32. The SMILES string of the molecule is [B]c1ccc2c(c1)N(C)C(=O)C2(C)C. The van der Waals surface area contributed by atoms with Gasteiger partial charge < -0.3 is 4.90 Å². The highest BCUT2D eigenvalue weighted by Gasteiger charge is 2.41. The molecule has 70 valence electrons. The molecule has 14 heavy (non-hydrogen) atoms. The molecule has 2 rings (SSSR count). The standard InChI is InChI=1S/C11H12BNO/c1-11(2)8-5-4-7(12)6-9(8)13(3)10(11)14/h4-6H,1-3H3. The molecule has 1 heterocycles. The fourth-order valence-corrected chi connectivity index (χ4v) is 2.00. The maximum Gasteiger partial charge on any atom is 0.236 e. The fourth-order valence-electron chi connectivity index (χ4n) is 2.00. The number of fused-ring (bicyclic) bond motifs is 1. The number of anilines is 1. The third-order valence-corrected chi connectivity index (χ3v) is 2.90. The van der Waals surface area contributed by atoms with Crippen molar-refractivity contribution in [2.24, 2.45) is 0 Å². The van der Waals surface area contributed by atoms with Gasteiger partial charge in [0.2, 0.25) is 5.91 Å². The zero-order valence-corrected chi connectivity index (χ0v) is 8.66. The predicted molar refractivity (Wildman–Crippen MR) is 58.3 cm³/mol. The minimum absolute atomic E-state index is 0.123. The smallest absolute Gasteiger partial charge is 0.236 e. The van der Waals surface area contributed by atoms with E-state index in [-0.39, 0.29) is 5.91 Å². The quantitative estimate of drug-likeness (QED) is 0.545. The van der Waals surface area contributed by atoms with Gasteiger partial charge in [-0.3, -0.25) is 4.79 Å². The molecule has 0 fully saturated rings. The molecule has 2 radical (unpaired) electrons. The van der Waals surface area contributed by atoms with E-state index in [0.717, 1.165) is 11.3 Å². The van der Waals surface area contributed by atoms with Gasteiger partial charge in [-0.15, -0.1) is 0 Å². The Morgan fingerprint density at radius 2 is 2.00 bits per heavy atom. The first-order chi connectivity index (χ1) is 6.44. The highest BCUT2D eigenvalue weighted by atomic mass is 16.2. The summed E-state index contributed by atoms with van der Waals surface area (Å²) in [6.45, 7) is 3.88. The molecule has 1 aliphatic rings. The van der Waals surface area contributed by atoms with Crippen LogP contribution in [0.25, 0.3) is 0 Å². The first-order valence-corrected chi connectivity index (χ1v) is 4.63. The van der Waals surface area contributed by atoms with E-state index >= 15 is 0 Å². The molecule has 1 amide bonds. The molecule has 0 aromatic heterocycles. The largest absolute Gasteiger partial charge is 0.314 e. The Bertz CT molecular complexity index is 412. The van der Waals surface area contributed by atoms with Crippen molar-refractivity contribution in [1.82, 2.24) is 0 Å². The lowest BCUT2D eigenvalue weighted by atomic mass is 9.84. The summed E-state index contributed by atoms with van der Waals surface area (Å²) in [5, 5.41) is 0. The first-order valence-electron chi connectivity index (χ1n) is 4.63. The summed E-state index contributed by atoms with van der Waals surface area (Å²) in [5.41, 5.74) is 2.26. The highest BCUT2D eigenvalue weighted by Crippen LogP contribution is 2.39. The Morgan fingerprint density at radius 3 is 2.64 bits per heavy atom. The minimum Gasteiger partial charge on any atom is -0.314 e. The van der Waals surface area contributed by atoms with Crippen LogP contribution in [0.3, 0.4) is 0 Å². The molecular weight excluding hydrogens is 173 g/mol. The van der Waals surface area contributed by atoms with Crippen LogP contribution in [0.1, 0.15) is 19.4 Å². The number of amides is 1. The average Bonchev–Trinajstić information content (AvgIpc) is 2.28. The van der Waals surface area contributed by atoms with Crippen LogP contribution in [0.4, 0.5) is 5.69 Å². The molecule has 0 aliphatic carbocycles. The second-order valence-electron chi connectivity index (χ2n) is 4.27. The van der Waals surface area contributed by atoms with Gasteiger partial charge in [-0.05, 0) is 25.5 Å². The van der Waals surface area contributed by atoms with E-state index in [4.69, 9.17) is 7.85 Å². The van der Waals surface area contributed by atoms with E-state index in [2.05, 4.69) is 0 Å². The molecule has 0 unspecified atom stereocenters. The molecule has 1 aromatic carbocycles. The number of likely N-dealkylation sites (N-methyl/N-ethyl adjacent to an activating group) is 1. The summed E-state index contributed by atoms with van der Waals surface area (Å²) in [6.07, 6.45) is 0. The summed E-state index contributed by atoms with van der Waals surface area (Å²) in [7, 11) is 7.48. The van der Waals surface area contributed by atoms with E-state index in [0.29, 0.717) is 5.46 Å². The minimum atomic E-state index is -0.419. The van der Waals surface area contributed by atoms with Gasteiger partial charge in [0.15, 0.2) is 0 Å². The molecule has 3 heteroatoms. The van der Waals surface area contributed by atoms with E-state index < -0.39 is 5.41 Å². The second kappa shape index (κ2) is 2.63. The van der Waals surface area contributed by atoms with Crippen molar-refractivity contribution in [3.63, 3.8) is 0 Å². The fraction of sp³-hybridized carbons (Fsp3) is 0.364. The molecule has 0 bridgehead atoms. The molecule has 2 nitrogen and oxygen atoms in total. The number of rotatable bonds is 0. The topological polar surface area (TPSA) is 20.3 Å². The van der Waals surface area contributed by atoms with E-state index in [1.807, 2.05) is 32.0 Å². The average molecular weight is 185 g/mol. The summed E-state index contributed by atoms with van der Waals surface area (Å²) >= 11 is 0. The number of carbonyl (C=O) groups excluding carboxylic acids is 1. The zero-order chi connectivity index (χ0) is 10.5. The highest BCUT2D eigenvalue weighted by molar-refractivity contribution is 6.33. The van der Waals surface area contributed by atoms with Crippen LogP contribution < -0.4 is 10.4 Å². The number of hydrogen-bond donors (Lipinski definition) is 0. The van der Waals surface area contributed by atoms with Gasteiger partial charge in [0.05, 0.1) is 5.41 Å². The third kappa shape index (κ3) is 1.01. The maximum absolute atomic E-state index is 11.9. The molecule has 0 atom stereocenters. The lowest BCUT2D eigenvalue weighted by molar-refractivity contribution is -0.121. The zero-order valence-electron chi connectivity index (χ0n) is 8.66. The Hall–Kier alpha value is -1.25. The Balaban J connectivity index is 2.68. The molecular formula is C11H12BNO. The van der Waals surface area contributed by atoms with Gasteiger partial charge in [-0.1, -0.05) is 17.6 Å². The van der Waals surface area contributed by atoms with Gasteiger partial charge in [-0.2, -0.15) is 0 Å². The van der Waals surface area contributed by atoms with Gasteiger partial charge in [0, 0.05) is 12.7 Å². The van der Waals surface area contributed by atoms with E-state index in [9.17, 15) is 4.79 Å². The molecule has 0 saturated heterocycles. The number of hydrogen-bond acceptors (Lipinski definition) is 1. The predicted octanol–water partition coefficient (Wildman–Crippen LogP) is 0.734. The van der Waals surface area contributed by atoms with Gasteiger partial charge >= 0.3 is 0 Å². The van der Waals surface area contributed by atoms with Crippen molar-refractivity contribution < 1.29 is 4.79 Å². The van der Waals surface area contributed by atoms with Crippen LogP contribution in [0.15, 0.2) is 18.2 Å². The Labute approximate surface area is 85.3 Å². The summed E-state index contributed by atoms with van der Waals surface area (Å²) in [5.74, 6) is 0.123. The molecule has 1 aliphatic heterocycles. The van der Waals surface area contributed by atoms with Crippen LogP contribution in [0, 0.1) is 0 Å². The van der Waals surface area contributed by atoms with Gasteiger partial charge in [-0.25, -0.2) is 0 Å². The van der Waals surface area contributed by atoms with Gasteiger partial charge in [0.1, 0.15) is 7.85 Å². The van der Waals surface area contributed by atoms with Crippen molar-refractivity contribution in [3.05, 3.63) is 23.8 Å². The normalized spacial score (nSPS) is 18.5. The van der Waals surface area contributed by atoms with E-state index in [1.54, 1.807) is 11.9 Å². The van der Waals surface area contributed by atoms with Crippen molar-refractivity contribution >= 4 is 24.9 Å². The molecule has 0 spiro atoms. The number of nitrogens with zero attached hydrogens (tertiary/aromatic N) is 1. The van der Waals surface area contributed by atoms with Crippen LogP contribution in [0.5, 0.6) is 0 Å².